The molecular formula is C14H12Cl2N2O2. The lowest BCUT2D eigenvalue weighted by Crippen LogP contribution is -2.32. The SMILES string of the molecule is Cc1ccc(OC(=O)NNc2ccc(Cl)c(Cl)c2)cc1. The highest BCUT2D eigenvalue weighted by atomic mass is 35.5. The Morgan fingerprint density at radius 3 is 2.40 bits per heavy atom. The number of nitrogens with one attached hydrogen (secondary N) is 2. The van der Waals surface area contributed by atoms with Crippen LogP contribution in [0.15, 0.2) is 42.5 Å². The molecule has 0 radical (unpaired) electrons. The molecule has 2 aromatic rings. The maximum Gasteiger partial charge on any atom is 0.431 e. The number of carbonyl (C=O) groups excluding carboxylic acids is 1. The minimum absolute atomic E-state index is 0.394. The minimum atomic E-state index is -0.625. The summed E-state index contributed by atoms with van der Waals surface area (Å²) in [5.41, 5.74) is 6.76. The van der Waals surface area contributed by atoms with Crippen LogP contribution >= 0.6 is 23.2 Å². The molecule has 0 bridgehead atoms. The van der Waals surface area contributed by atoms with Crippen molar-refractivity contribution >= 4 is 35.0 Å². The molecule has 1 amide bonds. The lowest BCUT2D eigenvalue weighted by molar-refractivity contribution is 0.203. The first-order valence-electron chi connectivity index (χ1n) is 5.80. The van der Waals surface area contributed by atoms with Gasteiger partial charge in [-0.3, -0.25) is 5.43 Å². The molecule has 104 valence electrons. The van der Waals surface area contributed by atoms with Gasteiger partial charge in [0.15, 0.2) is 0 Å². The predicted octanol–water partition coefficient (Wildman–Crippen LogP) is 4.42. The number of hydrazine groups is 1. The van der Waals surface area contributed by atoms with Crippen LogP contribution in [0.2, 0.25) is 10.0 Å². The highest BCUT2D eigenvalue weighted by molar-refractivity contribution is 6.42. The van der Waals surface area contributed by atoms with Gasteiger partial charge >= 0.3 is 6.09 Å². The van der Waals surface area contributed by atoms with Crippen LogP contribution in [-0.4, -0.2) is 6.09 Å². The van der Waals surface area contributed by atoms with E-state index in [0.717, 1.165) is 5.56 Å². The number of hydrogen-bond acceptors (Lipinski definition) is 3. The standard InChI is InChI=1S/C14H12Cl2N2O2/c1-9-2-5-11(6-3-9)20-14(19)18-17-10-4-7-12(15)13(16)8-10/h2-8,17H,1H3,(H,18,19). The largest absolute Gasteiger partial charge is 0.431 e. The Morgan fingerprint density at radius 2 is 1.75 bits per heavy atom. The highest BCUT2D eigenvalue weighted by Gasteiger charge is 2.04. The second-order valence-electron chi connectivity index (χ2n) is 4.08. The lowest BCUT2D eigenvalue weighted by Gasteiger charge is -2.09. The van der Waals surface area contributed by atoms with Crippen molar-refractivity contribution in [3.05, 3.63) is 58.1 Å². The Balaban J connectivity index is 1.88. The summed E-state index contributed by atoms with van der Waals surface area (Å²) < 4.78 is 5.07. The summed E-state index contributed by atoms with van der Waals surface area (Å²) in [6.45, 7) is 1.95. The van der Waals surface area contributed by atoms with Gasteiger partial charge in [-0.2, -0.15) is 0 Å². The van der Waals surface area contributed by atoms with Crippen molar-refractivity contribution in [1.29, 1.82) is 0 Å². The van der Waals surface area contributed by atoms with Crippen LogP contribution in [0.4, 0.5) is 10.5 Å². The Labute approximate surface area is 126 Å². The summed E-state index contributed by atoms with van der Waals surface area (Å²) in [6, 6.07) is 12.0. The molecule has 0 aromatic heterocycles. The van der Waals surface area contributed by atoms with Crippen LogP contribution in [-0.2, 0) is 0 Å². The zero-order valence-electron chi connectivity index (χ0n) is 10.6. The van der Waals surface area contributed by atoms with Gasteiger partial charge in [-0.1, -0.05) is 40.9 Å². The third-order valence-corrected chi connectivity index (χ3v) is 3.20. The van der Waals surface area contributed by atoms with E-state index in [4.69, 9.17) is 27.9 Å². The summed E-state index contributed by atoms with van der Waals surface area (Å²) in [7, 11) is 0. The molecule has 0 saturated heterocycles. The molecule has 6 heteroatoms. The van der Waals surface area contributed by atoms with Gasteiger partial charge in [0.25, 0.3) is 0 Å². The summed E-state index contributed by atoms with van der Waals surface area (Å²) in [6.07, 6.45) is -0.625. The number of aryl methyl sites for hydroxylation is 1. The van der Waals surface area contributed by atoms with Crippen LogP contribution in [0, 0.1) is 6.92 Å². The summed E-state index contributed by atoms with van der Waals surface area (Å²) in [5.74, 6) is 0.462. The van der Waals surface area contributed by atoms with E-state index in [1.54, 1.807) is 30.3 Å². The van der Waals surface area contributed by atoms with Crippen molar-refractivity contribution in [2.45, 2.75) is 6.92 Å². The molecule has 0 heterocycles. The Hall–Kier alpha value is -1.91. The van der Waals surface area contributed by atoms with E-state index in [0.29, 0.717) is 21.5 Å². The number of rotatable bonds is 3. The first-order chi connectivity index (χ1) is 9.54. The molecule has 0 aliphatic rings. The van der Waals surface area contributed by atoms with E-state index < -0.39 is 6.09 Å². The Morgan fingerprint density at radius 1 is 1.05 bits per heavy atom. The lowest BCUT2D eigenvalue weighted by atomic mass is 10.2. The van der Waals surface area contributed by atoms with E-state index in [9.17, 15) is 4.79 Å². The fraction of sp³-hybridized carbons (Fsp3) is 0.0714. The molecular weight excluding hydrogens is 299 g/mol. The summed E-state index contributed by atoms with van der Waals surface area (Å²) >= 11 is 11.6. The van der Waals surface area contributed by atoms with Crippen molar-refractivity contribution in [2.24, 2.45) is 0 Å². The number of ether oxygens (including phenoxy) is 1. The number of hydrogen-bond donors (Lipinski definition) is 2. The molecule has 2 aromatic carbocycles. The zero-order chi connectivity index (χ0) is 14.5. The molecule has 4 nitrogen and oxygen atoms in total. The van der Waals surface area contributed by atoms with E-state index in [1.165, 1.54) is 0 Å². The molecule has 2 N–H and O–H groups in total. The van der Waals surface area contributed by atoms with Gasteiger partial charge in [0.1, 0.15) is 5.75 Å². The van der Waals surface area contributed by atoms with E-state index in [-0.39, 0.29) is 0 Å². The van der Waals surface area contributed by atoms with Crippen LogP contribution in [0.3, 0.4) is 0 Å². The normalized spacial score (nSPS) is 9.95. The van der Waals surface area contributed by atoms with Crippen molar-refractivity contribution in [3.63, 3.8) is 0 Å². The first kappa shape index (κ1) is 14.5. The molecule has 0 fully saturated rings. The molecule has 0 spiro atoms. The minimum Gasteiger partial charge on any atom is -0.409 e. The Kier molecular flexibility index (Phi) is 4.71. The number of benzene rings is 2. The van der Waals surface area contributed by atoms with E-state index in [2.05, 4.69) is 10.9 Å². The predicted molar refractivity (Wildman–Crippen MR) is 80.4 cm³/mol. The number of amides is 1. The topological polar surface area (TPSA) is 50.4 Å². The molecule has 0 atom stereocenters. The molecule has 0 unspecified atom stereocenters. The van der Waals surface area contributed by atoms with E-state index in [1.807, 2.05) is 19.1 Å². The molecule has 0 aliphatic heterocycles. The maximum atomic E-state index is 11.6. The smallest absolute Gasteiger partial charge is 0.409 e. The average Bonchev–Trinajstić information content (AvgIpc) is 2.43. The fourth-order valence-corrected chi connectivity index (χ4v) is 1.73. The second-order valence-corrected chi connectivity index (χ2v) is 4.90. The maximum absolute atomic E-state index is 11.6. The number of halogens is 2. The quantitative estimate of drug-likeness (QED) is 0.825. The van der Waals surface area contributed by atoms with Crippen LogP contribution in [0.1, 0.15) is 5.56 Å². The van der Waals surface area contributed by atoms with Crippen molar-refractivity contribution in [2.75, 3.05) is 5.43 Å². The van der Waals surface area contributed by atoms with Crippen molar-refractivity contribution < 1.29 is 9.53 Å². The van der Waals surface area contributed by atoms with Gasteiger partial charge in [0, 0.05) is 0 Å². The number of anilines is 1. The van der Waals surface area contributed by atoms with Crippen molar-refractivity contribution in [3.8, 4) is 5.75 Å². The average molecular weight is 311 g/mol. The third-order valence-electron chi connectivity index (χ3n) is 2.46. The highest BCUT2D eigenvalue weighted by Crippen LogP contribution is 2.24. The third kappa shape index (κ3) is 4.05. The van der Waals surface area contributed by atoms with Gasteiger partial charge in [-0.05, 0) is 37.3 Å². The monoisotopic (exact) mass is 310 g/mol. The zero-order valence-corrected chi connectivity index (χ0v) is 12.1. The van der Waals surface area contributed by atoms with Gasteiger partial charge < -0.3 is 4.74 Å². The fourth-order valence-electron chi connectivity index (χ4n) is 1.44. The second kappa shape index (κ2) is 6.50. The summed E-state index contributed by atoms with van der Waals surface area (Å²) in [4.78, 5) is 11.6. The molecule has 0 aliphatic carbocycles. The van der Waals surface area contributed by atoms with Crippen LogP contribution in [0.5, 0.6) is 5.75 Å². The van der Waals surface area contributed by atoms with Crippen LogP contribution in [0.25, 0.3) is 0 Å². The first-order valence-corrected chi connectivity index (χ1v) is 6.56. The molecule has 2 rings (SSSR count). The molecule has 0 saturated carbocycles. The molecule has 20 heavy (non-hydrogen) atoms. The van der Waals surface area contributed by atoms with Gasteiger partial charge in [0.2, 0.25) is 0 Å². The van der Waals surface area contributed by atoms with Crippen LogP contribution < -0.4 is 15.6 Å². The number of carbonyl (C=O) groups is 1. The van der Waals surface area contributed by atoms with Gasteiger partial charge in [-0.15, -0.1) is 0 Å². The van der Waals surface area contributed by atoms with Gasteiger partial charge in [0.05, 0.1) is 15.7 Å². The van der Waals surface area contributed by atoms with Crippen molar-refractivity contribution in [1.82, 2.24) is 5.43 Å². The van der Waals surface area contributed by atoms with E-state index >= 15 is 0 Å². The Bertz CT molecular complexity index is 615. The van der Waals surface area contributed by atoms with Gasteiger partial charge in [-0.25, -0.2) is 10.2 Å². The summed E-state index contributed by atoms with van der Waals surface area (Å²) in [5, 5.41) is 0.838.